The van der Waals surface area contributed by atoms with Crippen molar-refractivity contribution < 1.29 is 42.9 Å². The number of carbonyl (C=O) groups excluding carboxylic acids is 5. The molecule has 4 aromatic carbocycles. The second kappa shape index (κ2) is 17.7. The summed E-state index contributed by atoms with van der Waals surface area (Å²) in [5.41, 5.74) is 11.6. The van der Waals surface area contributed by atoms with Crippen LogP contribution in [0.3, 0.4) is 0 Å². The summed E-state index contributed by atoms with van der Waals surface area (Å²) >= 11 is 0. The maximum Gasteiger partial charge on any atom is 0.337 e. The average molecular weight is 875 g/mol. The third kappa shape index (κ3) is 7.74. The van der Waals surface area contributed by atoms with Crippen LogP contribution in [0.1, 0.15) is 64.2 Å². The van der Waals surface area contributed by atoms with E-state index in [4.69, 9.17) is 28.9 Å². The number of nitrogens with one attached hydrogen (secondary N) is 2. The molecule has 0 radical (unpaired) electrons. The van der Waals surface area contributed by atoms with Crippen molar-refractivity contribution >= 4 is 76.0 Å². The fourth-order valence-electron chi connectivity index (χ4n) is 8.17. The number of nitrogens with zero attached hydrogens (tertiary/aromatic N) is 2. The normalized spacial score (nSPS) is 11.7. The maximum absolute atomic E-state index is 13.2. The summed E-state index contributed by atoms with van der Waals surface area (Å²) in [5, 5.41) is 0. The van der Waals surface area contributed by atoms with Crippen molar-refractivity contribution in [2.24, 2.45) is 0 Å². The molecule has 2 aliphatic rings. The molecule has 2 N–H and O–H groups in total. The molecule has 3 aromatic heterocycles. The van der Waals surface area contributed by atoms with Crippen LogP contribution in [0.15, 0.2) is 121 Å². The van der Waals surface area contributed by atoms with Gasteiger partial charge in [0.05, 0.1) is 73.5 Å². The summed E-state index contributed by atoms with van der Waals surface area (Å²) in [6.45, 7) is 0. The third-order valence-electron chi connectivity index (χ3n) is 11.4. The average Bonchev–Trinajstić information content (AvgIpc) is 4.21. The minimum Gasteiger partial charge on any atom is -0.465 e. The second-order valence-electron chi connectivity index (χ2n) is 15.1. The summed E-state index contributed by atoms with van der Waals surface area (Å²) in [4.78, 5) is 81.0. The Morgan fingerprint density at radius 1 is 0.409 bits per heavy atom. The quantitative estimate of drug-likeness (QED) is 0.0801. The second-order valence-corrected chi connectivity index (χ2v) is 15.1. The number of hydrogen-bond acceptors (Lipinski definition) is 11. The number of esters is 4. The summed E-state index contributed by atoms with van der Waals surface area (Å²) in [5.74, 6) is -1.96. The SMILES string of the molecule is COC(=O)c1ccc(-c2c3nc(c(-c4ccc(C(=O)OC)cc4)c4ccc([nH]4)c(-c4ccc(C(=O)OC)cc4)c4nc(c(-c5ccc(C(=O)OC)cc5)c5ccc2[nH]5)C=C4C=O)C=C3)cc1. The molecule has 7 aromatic rings. The number of methoxy groups -OCH3 is 4. The Labute approximate surface area is 377 Å². The maximum atomic E-state index is 13.2. The number of carbonyl (C=O) groups is 5. The summed E-state index contributed by atoms with van der Waals surface area (Å²) < 4.78 is 19.9. The predicted octanol–water partition coefficient (Wildman–Crippen LogP) is 10.0. The number of aromatic nitrogens is 4. The minimum absolute atomic E-state index is 0.287. The molecule has 5 heterocycles. The minimum atomic E-state index is -0.505. The highest BCUT2D eigenvalue weighted by Gasteiger charge is 2.23. The number of aromatic amines is 2. The Hall–Kier alpha value is -8.97. The van der Waals surface area contributed by atoms with E-state index in [-0.39, 0.29) is 5.57 Å². The first-order valence-corrected chi connectivity index (χ1v) is 20.5. The fourth-order valence-corrected chi connectivity index (χ4v) is 8.17. The highest BCUT2D eigenvalue weighted by atomic mass is 16.5. The van der Waals surface area contributed by atoms with E-state index >= 15 is 0 Å². The molecule has 66 heavy (non-hydrogen) atoms. The van der Waals surface area contributed by atoms with Crippen molar-refractivity contribution in [3.8, 4) is 44.5 Å². The molecule has 0 amide bonds. The van der Waals surface area contributed by atoms with Crippen LogP contribution in [0.25, 0.3) is 90.4 Å². The Bertz CT molecular complexity index is 3360. The topological polar surface area (TPSA) is 180 Å². The summed E-state index contributed by atoms with van der Waals surface area (Å²) in [6, 6.07) is 35.4. The standard InChI is InChI=1S/C53H38N4O9/c1-63-50(59)33-13-5-29(6-14-33)45-38-21-22-39(54-38)46(30-7-15-34(16-8-30)51(60)64-2)41-25-26-43(56-41)48(32-11-19-36(20-12-32)53(62)66-4)49-37(28-58)27-44(57-49)47(42-24-23-40(45)55-42)31-9-17-35(18-10-31)52(61)65-3/h5-28,55-56H,1-4H3. The molecular formula is C53H38N4O9. The number of benzene rings is 4. The zero-order valence-corrected chi connectivity index (χ0v) is 35.9. The van der Waals surface area contributed by atoms with Gasteiger partial charge in [0.25, 0.3) is 0 Å². The van der Waals surface area contributed by atoms with E-state index < -0.39 is 23.9 Å². The molecule has 0 spiro atoms. The lowest BCUT2D eigenvalue weighted by molar-refractivity contribution is -0.103. The van der Waals surface area contributed by atoms with Crippen LogP contribution in [0, 0.1) is 0 Å². The van der Waals surface area contributed by atoms with Gasteiger partial charge in [-0.1, -0.05) is 48.5 Å². The van der Waals surface area contributed by atoms with Gasteiger partial charge in [-0.05, 0) is 113 Å². The van der Waals surface area contributed by atoms with Crippen LogP contribution in [-0.4, -0.2) is 78.5 Å². The van der Waals surface area contributed by atoms with Crippen molar-refractivity contribution in [2.75, 3.05) is 28.4 Å². The van der Waals surface area contributed by atoms with E-state index in [2.05, 4.69) is 9.97 Å². The molecule has 2 aliphatic heterocycles. The smallest absolute Gasteiger partial charge is 0.337 e. The lowest BCUT2D eigenvalue weighted by atomic mass is 9.99. The first-order valence-electron chi connectivity index (χ1n) is 20.5. The highest BCUT2D eigenvalue weighted by Crippen LogP contribution is 2.40. The van der Waals surface area contributed by atoms with Gasteiger partial charge < -0.3 is 28.9 Å². The van der Waals surface area contributed by atoms with E-state index in [1.165, 1.54) is 28.4 Å². The van der Waals surface area contributed by atoms with Gasteiger partial charge in [-0.25, -0.2) is 29.1 Å². The molecule has 8 bridgehead atoms. The monoisotopic (exact) mass is 874 g/mol. The van der Waals surface area contributed by atoms with Crippen LogP contribution < -0.4 is 0 Å². The number of H-pyrrole nitrogens is 2. The first-order chi connectivity index (χ1) is 32.1. The van der Waals surface area contributed by atoms with Crippen molar-refractivity contribution in [3.63, 3.8) is 0 Å². The van der Waals surface area contributed by atoms with Crippen LogP contribution in [0.2, 0.25) is 0 Å². The Morgan fingerprint density at radius 2 is 0.712 bits per heavy atom. The third-order valence-corrected chi connectivity index (χ3v) is 11.4. The number of hydrogen-bond donors (Lipinski definition) is 2. The van der Waals surface area contributed by atoms with Gasteiger partial charge in [0.2, 0.25) is 0 Å². The highest BCUT2D eigenvalue weighted by molar-refractivity contribution is 6.18. The fraction of sp³-hybridized carbons (Fsp3) is 0.0755. The lowest BCUT2D eigenvalue weighted by Gasteiger charge is -2.08. The molecule has 0 saturated heterocycles. The van der Waals surface area contributed by atoms with Gasteiger partial charge in [0.15, 0.2) is 6.29 Å². The van der Waals surface area contributed by atoms with E-state index in [1.54, 1.807) is 78.9 Å². The van der Waals surface area contributed by atoms with Gasteiger partial charge in [-0.3, -0.25) is 4.79 Å². The molecule has 13 nitrogen and oxygen atoms in total. The Kier molecular flexibility index (Phi) is 11.3. The van der Waals surface area contributed by atoms with Crippen molar-refractivity contribution in [3.05, 3.63) is 166 Å². The number of rotatable bonds is 9. The molecule has 9 rings (SSSR count). The number of ether oxygens (including phenoxy) is 4. The van der Waals surface area contributed by atoms with Gasteiger partial charge in [-0.15, -0.1) is 0 Å². The van der Waals surface area contributed by atoms with E-state index in [0.717, 1.165) is 17.4 Å². The van der Waals surface area contributed by atoms with Gasteiger partial charge in [-0.2, -0.15) is 0 Å². The van der Waals surface area contributed by atoms with Gasteiger partial charge >= 0.3 is 23.9 Å². The van der Waals surface area contributed by atoms with E-state index in [1.807, 2.05) is 60.7 Å². The first kappa shape index (κ1) is 42.3. The van der Waals surface area contributed by atoms with E-state index in [0.29, 0.717) is 100 Å². The summed E-state index contributed by atoms with van der Waals surface area (Å²) in [6.07, 6.45) is 6.31. The molecule has 0 atom stereocenters. The Balaban J connectivity index is 1.44. The molecule has 324 valence electrons. The zero-order valence-electron chi connectivity index (χ0n) is 35.9. The predicted molar refractivity (Wildman–Crippen MR) is 251 cm³/mol. The molecule has 0 aliphatic carbocycles. The Morgan fingerprint density at radius 3 is 1.03 bits per heavy atom. The van der Waals surface area contributed by atoms with Crippen LogP contribution >= 0.6 is 0 Å². The number of fused-ring (bicyclic) bond motifs is 8. The van der Waals surface area contributed by atoms with Crippen LogP contribution in [-0.2, 0) is 23.7 Å². The van der Waals surface area contributed by atoms with Gasteiger partial charge in [0, 0.05) is 49.9 Å². The van der Waals surface area contributed by atoms with E-state index in [9.17, 15) is 24.0 Å². The number of allylic oxidation sites excluding steroid dienone is 1. The van der Waals surface area contributed by atoms with Gasteiger partial charge in [0.1, 0.15) is 0 Å². The molecule has 0 unspecified atom stereocenters. The van der Waals surface area contributed by atoms with Crippen LogP contribution in [0.5, 0.6) is 0 Å². The largest absolute Gasteiger partial charge is 0.465 e. The van der Waals surface area contributed by atoms with Crippen molar-refractivity contribution in [1.82, 2.24) is 19.9 Å². The van der Waals surface area contributed by atoms with Crippen molar-refractivity contribution in [2.45, 2.75) is 0 Å². The molecule has 0 fully saturated rings. The lowest BCUT2D eigenvalue weighted by Crippen LogP contribution is -2.00. The molecule has 0 saturated carbocycles. The molecular weight excluding hydrogens is 837 g/mol. The number of aldehydes is 1. The summed E-state index contributed by atoms with van der Waals surface area (Å²) in [7, 11) is 5.29. The van der Waals surface area contributed by atoms with Crippen molar-refractivity contribution in [1.29, 1.82) is 0 Å². The van der Waals surface area contributed by atoms with Crippen LogP contribution in [0.4, 0.5) is 0 Å². The zero-order chi connectivity index (χ0) is 46.1. The molecule has 13 heteroatoms.